The van der Waals surface area contributed by atoms with Crippen molar-refractivity contribution >= 4 is 0 Å². The zero-order valence-electron chi connectivity index (χ0n) is 5.86. The smallest absolute Gasteiger partial charge is 0.0488 e. The van der Waals surface area contributed by atoms with Gasteiger partial charge in [0.15, 0.2) is 0 Å². The van der Waals surface area contributed by atoms with Crippen LogP contribution in [0.2, 0.25) is 0 Å². The minimum Gasteiger partial charge on any atom is -0.381 e. The van der Waals surface area contributed by atoms with Crippen molar-refractivity contribution in [2.24, 2.45) is 0 Å². The highest BCUT2D eigenvalue weighted by atomic mass is 16.5. The molecule has 2 heterocycles. The molecule has 0 atom stereocenters. The van der Waals surface area contributed by atoms with Gasteiger partial charge in [0.2, 0.25) is 0 Å². The summed E-state index contributed by atoms with van der Waals surface area (Å²) < 4.78 is 4.72. The van der Waals surface area contributed by atoms with Crippen molar-refractivity contribution in [2.75, 3.05) is 26.3 Å². The molecule has 0 spiro atoms. The molecule has 0 amide bonds. The van der Waals surface area contributed by atoms with Gasteiger partial charge in [-0.05, 0) is 32.4 Å². The molecule has 2 aliphatic heterocycles. The summed E-state index contributed by atoms with van der Waals surface area (Å²) in [6.07, 6.45) is 4.06. The Morgan fingerprint density at radius 1 is 0.889 bits per heavy atom. The standard InChI is InChI=1S/C4H9N.C3H6O/c1-2-4-5-3-1;1-2-4-3-1/h5H,1-4H2;1-3H2. The SMILES string of the molecule is C1CCNC1.C1COC1. The van der Waals surface area contributed by atoms with Gasteiger partial charge in [0.1, 0.15) is 0 Å². The van der Waals surface area contributed by atoms with E-state index < -0.39 is 0 Å². The van der Waals surface area contributed by atoms with Crippen LogP contribution in [0.25, 0.3) is 0 Å². The molecular weight excluding hydrogens is 114 g/mol. The van der Waals surface area contributed by atoms with Gasteiger partial charge in [-0.3, -0.25) is 0 Å². The van der Waals surface area contributed by atoms with E-state index in [1.165, 1.54) is 32.4 Å². The zero-order valence-corrected chi connectivity index (χ0v) is 5.86. The fourth-order valence-corrected chi connectivity index (χ4v) is 0.769. The Hall–Kier alpha value is -0.0800. The van der Waals surface area contributed by atoms with Crippen LogP contribution in [0.5, 0.6) is 0 Å². The highest BCUT2D eigenvalue weighted by molar-refractivity contribution is 4.55. The second-order valence-corrected chi connectivity index (χ2v) is 2.42. The number of nitrogens with one attached hydrogen (secondary N) is 1. The largest absolute Gasteiger partial charge is 0.381 e. The molecular formula is C7H15NO. The predicted octanol–water partition coefficient (Wildman–Crippen LogP) is 0.776. The molecule has 0 aromatic heterocycles. The summed E-state index contributed by atoms with van der Waals surface area (Å²) in [4.78, 5) is 0. The van der Waals surface area contributed by atoms with Crippen LogP contribution in [0.15, 0.2) is 0 Å². The first-order chi connectivity index (χ1) is 4.50. The maximum atomic E-state index is 4.72. The third-order valence-electron chi connectivity index (χ3n) is 1.53. The highest BCUT2D eigenvalue weighted by Gasteiger charge is 1.94. The topological polar surface area (TPSA) is 21.3 Å². The van der Waals surface area contributed by atoms with Crippen LogP contribution in [0.3, 0.4) is 0 Å². The van der Waals surface area contributed by atoms with E-state index in [0.29, 0.717) is 0 Å². The van der Waals surface area contributed by atoms with Gasteiger partial charge in [-0.1, -0.05) is 0 Å². The minimum absolute atomic E-state index is 1.00. The van der Waals surface area contributed by atoms with Crippen molar-refractivity contribution in [3.8, 4) is 0 Å². The lowest BCUT2D eigenvalue weighted by molar-refractivity contribution is 0.0367. The average Bonchev–Trinajstić information content (AvgIpc) is 2.07. The molecule has 0 saturated carbocycles. The number of hydrogen-bond donors (Lipinski definition) is 1. The Bertz CT molecular complexity index is 46.3. The van der Waals surface area contributed by atoms with Gasteiger partial charge in [0.25, 0.3) is 0 Å². The van der Waals surface area contributed by atoms with Gasteiger partial charge in [0, 0.05) is 13.2 Å². The van der Waals surface area contributed by atoms with Gasteiger partial charge in [0.05, 0.1) is 0 Å². The first-order valence-electron chi connectivity index (χ1n) is 3.78. The zero-order chi connectivity index (χ0) is 6.36. The lowest BCUT2D eigenvalue weighted by Gasteiger charge is -2.09. The fraction of sp³-hybridized carbons (Fsp3) is 1.00. The van der Waals surface area contributed by atoms with Crippen LogP contribution in [-0.4, -0.2) is 26.3 Å². The average molecular weight is 129 g/mol. The van der Waals surface area contributed by atoms with E-state index in [4.69, 9.17) is 4.74 Å². The van der Waals surface area contributed by atoms with Crippen molar-refractivity contribution in [1.82, 2.24) is 5.32 Å². The fourth-order valence-electron chi connectivity index (χ4n) is 0.769. The van der Waals surface area contributed by atoms with Crippen LogP contribution in [-0.2, 0) is 4.74 Å². The molecule has 9 heavy (non-hydrogen) atoms. The number of rotatable bonds is 0. The van der Waals surface area contributed by atoms with E-state index in [1.54, 1.807) is 0 Å². The van der Waals surface area contributed by atoms with E-state index in [1.807, 2.05) is 0 Å². The van der Waals surface area contributed by atoms with Crippen molar-refractivity contribution in [3.05, 3.63) is 0 Å². The molecule has 2 aliphatic rings. The van der Waals surface area contributed by atoms with E-state index in [9.17, 15) is 0 Å². The molecule has 2 nitrogen and oxygen atoms in total. The van der Waals surface area contributed by atoms with E-state index in [0.717, 1.165) is 13.2 Å². The van der Waals surface area contributed by atoms with Crippen LogP contribution in [0, 0.1) is 0 Å². The molecule has 0 unspecified atom stereocenters. The first-order valence-corrected chi connectivity index (χ1v) is 3.78. The number of ether oxygens (including phenoxy) is 1. The third kappa shape index (κ3) is 3.49. The van der Waals surface area contributed by atoms with Crippen molar-refractivity contribution in [3.63, 3.8) is 0 Å². The van der Waals surface area contributed by atoms with Gasteiger partial charge >= 0.3 is 0 Å². The summed E-state index contributed by atoms with van der Waals surface area (Å²) in [5, 5.41) is 3.22. The first kappa shape index (κ1) is 7.03. The molecule has 0 aromatic carbocycles. The van der Waals surface area contributed by atoms with E-state index in [-0.39, 0.29) is 0 Å². The predicted molar refractivity (Wildman–Crippen MR) is 37.5 cm³/mol. The highest BCUT2D eigenvalue weighted by Crippen LogP contribution is 1.93. The lowest BCUT2D eigenvalue weighted by Crippen LogP contribution is -2.09. The van der Waals surface area contributed by atoms with Crippen molar-refractivity contribution < 1.29 is 4.74 Å². The van der Waals surface area contributed by atoms with Gasteiger partial charge in [-0.15, -0.1) is 0 Å². The maximum absolute atomic E-state index is 4.72. The Labute approximate surface area is 56.6 Å². The molecule has 2 heteroatoms. The molecule has 54 valence electrons. The maximum Gasteiger partial charge on any atom is 0.0488 e. The van der Waals surface area contributed by atoms with Gasteiger partial charge in [-0.25, -0.2) is 0 Å². The Morgan fingerprint density at radius 3 is 1.44 bits per heavy atom. The third-order valence-corrected chi connectivity index (χ3v) is 1.53. The summed E-state index contributed by atoms with van der Waals surface area (Å²) in [5.74, 6) is 0. The molecule has 2 rings (SSSR count). The Kier molecular flexibility index (Phi) is 3.72. The second-order valence-electron chi connectivity index (χ2n) is 2.42. The molecule has 2 fully saturated rings. The summed E-state index contributed by atoms with van der Waals surface area (Å²) in [6, 6.07) is 0. The van der Waals surface area contributed by atoms with E-state index in [2.05, 4.69) is 5.32 Å². The molecule has 0 aromatic rings. The lowest BCUT2D eigenvalue weighted by atomic mass is 10.4. The van der Waals surface area contributed by atoms with Crippen molar-refractivity contribution in [2.45, 2.75) is 19.3 Å². The Balaban J connectivity index is 0.0000000922. The monoisotopic (exact) mass is 129 g/mol. The van der Waals surface area contributed by atoms with Crippen LogP contribution < -0.4 is 5.32 Å². The summed E-state index contributed by atoms with van der Waals surface area (Å²) in [6.45, 7) is 4.50. The molecule has 0 aliphatic carbocycles. The second kappa shape index (κ2) is 4.77. The summed E-state index contributed by atoms with van der Waals surface area (Å²) in [5.41, 5.74) is 0. The molecule has 0 radical (unpaired) electrons. The molecule has 1 N–H and O–H groups in total. The van der Waals surface area contributed by atoms with Crippen LogP contribution in [0.4, 0.5) is 0 Å². The Morgan fingerprint density at radius 2 is 1.33 bits per heavy atom. The van der Waals surface area contributed by atoms with Crippen LogP contribution in [0.1, 0.15) is 19.3 Å². The normalized spacial score (nSPS) is 24.0. The van der Waals surface area contributed by atoms with Gasteiger partial charge in [-0.2, -0.15) is 0 Å². The van der Waals surface area contributed by atoms with Crippen LogP contribution >= 0.6 is 0 Å². The van der Waals surface area contributed by atoms with Gasteiger partial charge < -0.3 is 10.1 Å². The summed E-state index contributed by atoms with van der Waals surface area (Å²) >= 11 is 0. The summed E-state index contributed by atoms with van der Waals surface area (Å²) in [7, 11) is 0. The van der Waals surface area contributed by atoms with E-state index >= 15 is 0 Å². The molecule has 2 saturated heterocycles. The van der Waals surface area contributed by atoms with Crippen molar-refractivity contribution in [1.29, 1.82) is 0 Å². The number of hydrogen-bond acceptors (Lipinski definition) is 2. The minimum atomic E-state index is 1.00. The molecule has 0 bridgehead atoms. The quantitative estimate of drug-likeness (QED) is 0.522.